The van der Waals surface area contributed by atoms with Gasteiger partial charge in [-0.1, -0.05) is 0 Å². The Morgan fingerprint density at radius 3 is 2.89 bits per heavy atom. The molecule has 1 aromatic heterocycles. The first-order chi connectivity index (χ1) is 9.27. The Kier molecular flexibility index (Phi) is 3.16. The normalized spacial score (nSPS) is 18.6. The van der Waals surface area contributed by atoms with Gasteiger partial charge in [0.05, 0.1) is 18.1 Å². The molecule has 5 heteroatoms. The van der Waals surface area contributed by atoms with E-state index in [1.165, 1.54) is 0 Å². The topological polar surface area (TPSA) is 73.2 Å². The van der Waals surface area contributed by atoms with Gasteiger partial charge in [0.15, 0.2) is 0 Å². The van der Waals surface area contributed by atoms with Crippen molar-refractivity contribution in [3.8, 4) is 5.75 Å². The lowest BCUT2D eigenvalue weighted by molar-refractivity contribution is 0.0503. The van der Waals surface area contributed by atoms with E-state index in [1.807, 2.05) is 18.2 Å². The first-order valence-electron chi connectivity index (χ1n) is 6.59. The SMILES string of the molecule is COc1ccc2nc(C3(CN)CCOCC3)[nH]c2c1. The van der Waals surface area contributed by atoms with Gasteiger partial charge in [0, 0.05) is 31.2 Å². The molecule has 0 aliphatic carbocycles. The maximum atomic E-state index is 6.01. The molecule has 0 atom stereocenters. The number of nitrogens with two attached hydrogens (primary N) is 1. The number of H-pyrrole nitrogens is 1. The van der Waals surface area contributed by atoms with Crippen molar-refractivity contribution in [3.05, 3.63) is 24.0 Å². The van der Waals surface area contributed by atoms with E-state index in [-0.39, 0.29) is 5.41 Å². The maximum absolute atomic E-state index is 6.01. The van der Waals surface area contributed by atoms with E-state index >= 15 is 0 Å². The molecule has 3 N–H and O–H groups in total. The molecule has 0 saturated carbocycles. The van der Waals surface area contributed by atoms with Gasteiger partial charge < -0.3 is 20.2 Å². The molecule has 0 unspecified atom stereocenters. The maximum Gasteiger partial charge on any atom is 0.121 e. The van der Waals surface area contributed by atoms with Gasteiger partial charge in [-0.05, 0) is 25.0 Å². The Labute approximate surface area is 112 Å². The molecule has 2 heterocycles. The highest BCUT2D eigenvalue weighted by Crippen LogP contribution is 2.33. The van der Waals surface area contributed by atoms with E-state index in [1.54, 1.807) is 7.11 Å². The second-order valence-electron chi connectivity index (χ2n) is 5.07. The number of aromatic amines is 1. The summed E-state index contributed by atoms with van der Waals surface area (Å²) in [6, 6.07) is 5.86. The summed E-state index contributed by atoms with van der Waals surface area (Å²) in [6.07, 6.45) is 1.83. The molecular formula is C14H19N3O2. The Hall–Kier alpha value is -1.59. The minimum absolute atomic E-state index is 0.0789. The van der Waals surface area contributed by atoms with Crippen LogP contribution in [0.1, 0.15) is 18.7 Å². The van der Waals surface area contributed by atoms with Crippen LogP contribution in [0, 0.1) is 0 Å². The second kappa shape index (κ2) is 4.83. The van der Waals surface area contributed by atoms with Crippen LogP contribution in [-0.2, 0) is 10.2 Å². The Balaban J connectivity index is 2.03. The van der Waals surface area contributed by atoms with Crippen molar-refractivity contribution in [1.29, 1.82) is 0 Å². The van der Waals surface area contributed by atoms with E-state index in [4.69, 9.17) is 20.2 Å². The molecule has 1 aromatic carbocycles. The fraction of sp³-hybridized carbons (Fsp3) is 0.500. The van der Waals surface area contributed by atoms with Gasteiger partial charge in [-0.3, -0.25) is 0 Å². The third kappa shape index (κ3) is 2.09. The number of benzene rings is 1. The molecule has 5 nitrogen and oxygen atoms in total. The molecule has 0 amide bonds. The number of hydrogen-bond donors (Lipinski definition) is 2. The lowest BCUT2D eigenvalue weighted by Gasteiger charge is -2.34. The fourth-order valence-electron chi connectivity index (χ4n) is 2.67. The average molecular weight is 261 g/mol. The molecule has 19 heavy (non-hydrogen) atoms. The Bertz CT molecular complexity index is 573. The van der Waals surface area contributed by atoms with Crippen molar-refractivity contribution in [2.75, 3.05) is 26.9 Å². The van der Waals surface area contributed by atoms with Crippen molar-refractivity contribution in [2.24, 2.45) is 5.73 Å². The Morgan fingerprint density at radius 2 is 2.21 bits per heavy atom. The summed E-state index contributed by atoms with van der Waals surface area (Å²) in [5.74, 6) is 1.80. The van der Waals surface area contributed by atoms with Gasteiger partial charge in [0.1, 0.15) is 11.6 Å². The fourth-order valence-corrected chi connectivity index (χ4v) is 2.67. The van der Waals surface area contributed by atoms with Crippen LogP contribution >= 0.6 is 0 Å². The van der Waals surface area contributed by atoms with Crippen LogP contribution in [0.2, 0.25) is 0 Å². The van der Waals surface area contributed by atoms with Gasteiger partial charge in [-0.25, -0.2) is 4.98 Å². The zero-order chi connectivity index (χ0) is 13.3. The highest BCUT2D eigenvalue weighted by molar-refractivity contribution is 5.77. The quantitative estimate of drug-likeness (QED) is 0.879. The molecule has 1 fully saturated rings. The third-order valence-corrected chi connectivity index (χ3v) is 4.03. The average Bonchev–Trinajstić information content (AvgIpc) is 2.91. The zero-order valence-electron chi connectivity index (χ0n) is 11.1. The van der Waals surface area contributed by atoms with Crippen molar-refractivity contribution < 1.29 is 9.47 Å². The highest BCUT2D eigenvalue weighted by Gasteiger charge is 2.36. The lowest BCUT2D eigenvalue weighted by atomic mass is 9.79. The van der Waals surface area contributed by atoms with Crippen LogP contribution in [0.5, 0.6) is 5.75 Å². The van der Waals surface area contributed by atoms with Gasteiger partial charge in [0.25, 0.3) is 0 Å². The van der Waals surface area contributed by atoms with E-state index < -0.39 is 0 Å². The largest absolute Gasteiger partial charge is 0.497 e. The summed E-state index contributed by atoms with van der Waals surface area (Å²) in [5.41, 5.74) is 7.88. The molecule has 2 aromatic rings. The van der Waals surface area contributed by atoms with E-state index in [2.05, 4.69) is 4.98 Å². The predicted octanol–water partition coefficient (Wildman–Crippen LogP) is 1.58. The molecule has 0 bridgehead atoms. The number of aromatic nitrogens is 2. The summed E-state index contributed by atoms with van der Waals surface area (Å²) in [5, 5.41) is 0. The molecule has 1 aliphatic rings. The predicted molar refractivity (Wildman–Crippen MR) is 73.4 cm³/mol. The number of fused-ring (bicyclic) bond motifs is 1. The monoisotopic (exact) mass is 261 g/mol. The lowest BCUT2D eigenvalue weighted by Crippen LogP contribution is -2.41. The number of rotatable bonds is 3. The van der Waals surface area contributed by atoms with Crippen molar-refractivity contribution in [3.63, 3.8) is 0 Å². The molecule has 102 valence electrons. The molecular weight excluding hydrogens is 242 g/mol. The number of imidazole rings is 1. The number of ether oxygens (including phenoxy) is 2. The molecule has 0 spiro atoms. The first-order valence-corrected chi connectivity index (χ1v) is 6.59. The van der Waals surface area contributed by atoms with E-state index in [0.717, 1.165) is 48.7 Å². The first kappa shape index (κ1) is 12.4. The summed E-state index contributed by atoms with van der Waals surface area (Å²) < 4.78 is 10.7. The highest BCUT2D eigenvalue weighted by atomic mass is 16.5. The van der Waals surface area contributed by atoms with E-state index in [0.29, 0.717) is 6.54 Å². The van der Waals surface area contributed by atoms with Crippen LogP contribution in [0.3, 0.4) is 0 Å². The number of methoxy groups -OCH3 is 1. The van der Waals surface area contributed by atoms with Gasteiger partial charge in [-0.2, -0.15) is 0 Å². The summed E-state index contributed by atoms with van der Waals surface area (Å²) in [6.45, 7) is 2.09. The molecule has 1 saturated heterocycles. The summed E-state index contributed by atoms with van der Waals surface area (Å²) in [7, 11) is 1.66. The van der Waals surface area contributed by atoms with Crippen molar-refractivity contribution in [2.45, 2.75) is 18.3 Å². The van der Waals surface area contributed by atoms with Crippen LogP contribution in [0.15, 0.2) is 18.2 Å². The summed E-state index contributed by atoms with van der Waals surface area (Å²) >= 11 is 0. The molecule has 1 aliphatic heterocycles. The summed E-state index contributed by atoms with van der Waals surface area (Å²) in [4.78, 5) is 8.11. The standard InChI is InChI=1S/C14H19N3O2/c1-18-10-2-3-11-12(8-10)17-13(16-11)14(9-15)4-6-19-7-5-14/h2-3,8H,4-7,9,15H2,1H3,(H,16,17). The van der Waals surface area contributed by atoms with Gasteiger partial charge in [-0.15, -0.1) is 0 Å². The molecule has 3 rings (SSSR count). The smallest absolute Gasteiger partial charge is 0.121 e. The minimum Gasteiger partial charge on any atom is -0.497 e. The van der Waals surface area contributed by atoms with E-state index in [9.17, 15) is 0 Å². The second-order valence-corrected chi connectivity index (χ2v) is 5.07. The van der Waals surface area contributed by atoms with Gasteiger partial charge in [0.2, 0.25) is 0 Å². The third-order valence-electron chi connectivity index (χ3n) is 4.03. The Morgan fingerprint density at radius 1 is 1.42 bits per heavy atom. The number of hydrogen-bond acceptors (Lipinski definition) is 4. The van der Waals surface area contributed by atoms with Crippen LogP contribution in [-0.4, -0.2) is 36.8 Å². The van der Waals surface area contributed by atoms with Crippen LogP contribution in [0.25, 0.3) is 11.0 Å². The number of nitrogens with one attached hydrogen (secondary N) is 1. The van der Waals surface area contributed by atoms with Crippen molar-refractivity contribution in [1.82, 2.24) is 9.97 Å². The van der Waals surface area contributed by atoms with Crippen LogP contribution in [0.4, 0.5) is 0 Å². The van der Waals surface area contributed by atoms with Gasteiger partial charge >= 0.3 is 0 Å². The van der Waals surface area contributed by atoms with Crippen molar-refractivity contribution >= 4 is 11.0 Å². The zero-order valence-corrected chi connectivity index (χ0v) is 11.1. The van der Waals surface area contributed by atoms with Crippen LogP contribution < -0.4 is 10.5 Å². The minimum atomic E-state index is -0.0789. The number of nitrogens with zero attached hydrogens (tertiary/aromatic N) is 1. The molecule has 0 radical (unpaired) electrons.